The molecule has 0 radical (unpaired) electrons. The van der Waals surface area contributed by atoms with Gasteiger partial charge < -0.3 is 21.9 Å². The lowest BCUT2D eigenvalue weighted by Crippen LogP contribution is -2.33. The molecule has 0 spiro atoms. The second-order valence-corrected chi connectivity index (χ2v) is 5.96. The van der Waals surface area contributed by atoms with Gasteiger partial charge in [0.1, 0.15) is 18.3 Å². The fourth-order valence-electron chi connectivity index (χ4n) is 2.86. The van der Waals surface area contributed by atoms with Gasteiger partial charge in [-0.1, -0.05) is 42.5 Å². The Morgan fingerprint density at radius 3 is 2.08 bits per heavy atom. The topological polar surface area (TPSA) is 121 Å². The molecule has 0 bridgehead atoms. The van der Waals surface area contributed by atoms with Crippen molar-refractivity contribution in [1.29, 1.82) is 0 Å². The number of para-hydroxylation sites is 1. The molecule has 0 heterocycles. The number of benzene rings is 3. The predicted octanol–water partition coefficient (Wildman–Crippen LogP) is 2.06. The Morgan fingerprint density at radius 2 is 1.46 bits per heavy atom. The summed E-state index contributed by atoms with van der Waals surface area (Å²) in [6.45, 7) is 0.183. The van der Waals surface area contributed by atoms with E-state index < -0.39 is 17.7 Å². The standard InChI is InChI=1S/C20H19N3O3/c21-16-8-4-3-7-14(16)11-26-17-10-13-6-2-1-5-12(13)9-15(17)18(19(22)24)20(23)25/h1-10,18H,11,21H2,(H2,22,24)(H2,23,25). The van der Waals surface area contributed by atoms with Crippen LogP contribution in [0.4, 0.5) is 5.69 Å². The van der Waals surface area contributed by atoms with Gasteiger partial charge in [0.05, 0.1) is 0 Å². The molecule has 2 amide bonds. The van der Waals surface area contributed by atoms with Gasteiger partial charge in [0, 0.05) is 16.8 Å². The minimum absolute atomic E-state index is 0.183. The Kier molecular flexibility index (Phi) is 4.75. The maximum absolute atomic E-state index is 11.8. The van der Waals surface area contributed by atoms with Crippen molar-refractivity contribution in [1.82, 2.24) is 0 Å². The molecule has 0 aromatic heterocycles. The third kappa shape index (κ3) is 3.44. The first-order chi connectivity index (χ1) is 12.5. The number of amides is 2. The van der Waals surface area contributed by atoms with E-state index in [9.17, 15) is 9.59 Å². The van der Waals surface area contributed by atoms with E-state index >= 15 is 0 Å². The molecule has 0 saturated heterocycles. The van der Waals surface area contributed by atoms with Crippen LogP contribution in [0.3, 0.4) is 0 Å². The van der Waals surface area contributed by atoms with Gasteiger partial charge in [-0.05, 0) is 29.0 Å². The van der Waals surface area contributed by atoms with E-state index in [0.29, 0.717) is 17.0 Å². The Labute approximate surface area is 150 Å². The van der Waals surface area contributed by atoms with Crippen molar-refractivity contribution in [2.75, 3.05) is 5.73 Å². The van der Waals surface area contributed by atoms with Gasteiger partial charge in [0.2, 0.25) is 11.8 Å². The molecule has 3 aromatic rings. The molecule has 0 aliphatic rings. The fourth-order valence-corrected chi connectivity index (χ4v) is 2.86. The normalized spacial score (nSPS) is 10.8. The maximum Gasteiger partial charge on any atom is 0.234 e. The van der Waals surface area contributed by atoms with Crippen molar-refractivity contribution < 1.29 is 14.3 Å². The molecule has 0 aliphatic heterocycles. The van der Waals surface area contributed by atoms with E-state index in [1.54, 1.807) is 18.2 Å². The zero-order valence-corrected chi connectivity index (χ0v) is 14.0. The van der Waals surface area contributed by atoms with E-state index in [2.05, 4.69) is 0 Å². The van der Waals surface area contributed by atoms with Crippen LogP contribution in [0.15, 0.2) is 60.7 Å². The van der Waals surface area contributed by atoms with E-state index in [4.69, 9.17) is 21.9 Å². The molecule has 0 fully saturated rings. The van der Waals surface area contributed by atoms with E-state index in [1.165, 1.54) is 0 Å². The molecule has 6 heteroatoms. The number of rotatable bonds is 6. The van der Waals surface area contributed by atoms with Crippen LogP contribution in [0.2, 0.25) is 0 Å². The SMILES string of the molecule is NC(=O)C(C(N)=O)c1cc2ccccc2cc1OCc1ccccc1N. The number of nitrogen functional groups attached to an aromatic ring is 1. The molecular weight excluding hydrogens is 330 g/mol. The molecule has 26 heavy (non-hydrogen) atoms. The second kappa shape index (κ2) is 7.14. The van der Waals surface area contributed by atoms with Crippen LogP contribution in [-0.2, 0) is 16.2 Å². The Balaban J connectivity index is 2.06. The molecule has 0 saturated carbocycles. The lowest BCUT2D eigenvalue weighted by Gasteiger charge is -2.17. The highest BCUT2D eigenvalue weighted by Crippen LogP contribution is 2.32. The van der Waals surface area contributed by atoms with Gasteiger partial charge in [-0.3, -0.25) is 9.59 Å². The van der Waals surface area contributed by atoms with Gasteiger partial charge >= 0.3 is 0 Å². The van der Waals surface area contributed by atoms with Crippen LogP contribution in [-0.4, -0.2) is 11.8 Å². The Morgan fingerprint density at radius 1 is 0.885 bits per heavy atom. The molecular formula is C20H19N3O3. The number of carbonyl (C=O) groups excluding carboxylic acids is 2. The largest absolute Gasteiger partial charge is 0.488 e. The van der Waals surface area contributed by atoms with Crippen LogP contribution in [0, 0.1) is 0 Å². The molecule has 6 nitrogen and oxygen atoms in total. The molecule has 0 unspecified atom stereocenters. The van der Waals surface area contributed by atoms with Crippen LogP contribution in [0.25, 0.3) is 10.8 Å². The van der Waals surface area contributed by atoms with Crippen molar-refractivity contribution in [2.24, 2.45) is 11.5 Å². The average Bonchev–Trinajstić information content (AvgIpc) is 2.60. The smallest absolute Gasteiger partial charge is 0.234 e. The van der Waals surface area contributed by atoms with Crippen molar-refractivity contribution >= 4 is 28.3 Å². The van der Waals surface area contributed by atoms with Crippen LogP contribution < -0.4 is 21.9 Å². The van der Waals surface area contributed by atoms with Crippen molar-refractivity contribution in [3.05, 3.63) is 71.8 Å². The summed E-state index contributed by atoms with van der Waals surface area (Å²) in [4.78, 5) is 23.6. The third-order valence-electron chi connectivity index (χ3n) is 4.20. The summed E-state index contributed by atoms with van der Waals surface area (Å²) in [5.74, 6) is -2.55. The highest BCUT2D eigenvalue weighted by molar-refractivity contribution is 6.05. The molecule has 3 rings (SSSR count). The first-order valence-corrected chi connectivity index (χ1v) is 8.05. The van der Waals surface area contributed by atoms with Crippen molar-refractivity contribution in [3.8, 4) is 5.75 Å². The predicted molar refractivity (Wildman–Crippen MR) is 100 cm³/mol. The number of ether oxygens (including phenoxy) is 1. The maximum atomic E-state index is 11.8. The lowest BCUT2D eigenvalue weighted by molar-refractivity contribution is -0.128. The number of nitrogens with two attached hydrogens (primary N) is 3. The van der Waals surface area contributed by atoms with Crippen LogP contribution in [0.1, 0.15) is 17.0 Å². The fraction of sp³-hybridized carbons (Fsp3) is 0.100. The minimum Gasteiger partial charge on any atom is -0.488 e. The molecule has 6 N–H and O–H groups in total. The third-order valence-corrected chi connectivity index (χ3v) is 4.20. The first kappa shape index (κ1) is 17.3. The summed E-state index contributed by atoms with van der Waals surface area (Å²) in [7, 11) is 0. The minimum atomic E-state index is -1.28. The highest BCUT2D eigenvalue weighted by atomic mass is 16.5. The average molecular weight is 349 g/mol. The highest BCUT2D eigenvalue weighted by Gasteiger charge is 2.28. The van der Waals surface area contributed by atoms with Crippen LogP contribution >= 0.6 is 0 Å². The molecule has 132 valence electrons. The summed E-state index contributed by atoms with van der Waals surface area (Å²) in [5.41, 5.74) is 18.5. The van der Waals surface area contributed by atoms with E-state index in [1.807, 2.05) is 42.5 Å². The zero-order chi connectivity index (χ0) is 18.7. The summed E-state index contributed by atoms with van der Waals surface area (Å²) >= 11 is 0. The number of hydrogen-bond donors (Lipinski definition) is 3. The van der Waals surface area contributed by atoms with Crippen molar-refractivity contribution in [2.45, 2.75) is 12.5 Å². The molecule has 0 atom stereocenters. The van der Waals surface area contributed by atoms with Gasteiger partial charge in [-0.2, -0.15) is 0 Å². The number of carbonyl (C=O) groups is 2. The van der Waals surface area contributed by atoms with Crippen LogP contribution in [0.5, 0.6) is 5.75 Å². The monoisotopic (exact) mass is 349 g/mol. The molecule has 0 aliphatic carbocycles. The van der Waals surface area contributed by atoms with Gasteiger partial charge in [0.25, 0.3) is 0 Å². The Hall–Kier alpha value is -3.54. The summed E-state index contributed by atoms with van der Waals surface area (Å²) in [6.07, 6.45) is 0. The van der Waals surface area contributed by atoms with E-state index in [-0.39, 0.29) is 6.61 Å². The quantitative estimate of drug-likeness (QED) is 0.466. The Bertz CT molecular complexity index is 971. The number of primary amides is 2. The van der Waals surface area contributed by atoms with Gasteiger partial charge in [-0.15, -0.1) is 0 Å². The van der Waals surface area contributed by atoms with Gasteiger partial charge in [0.15, 0.2) is 0 Å². The lowest BCUT2D eigenvalue weighted by atomic mass is 9.94. The first-order valence-electron chi connectivity index (χ1n) is 8.05. The summed E-state index contributed by atoms with van der Waals surface area (Å²) in [5, 5.41) is 1.75. The van der Waals surface area contributed by atoms with Crippen molar-refractivity contribution in [3.63, 3.8) is 0 Å². The number of fused-ring (bicyclic) bond motifs is 1. The van der Waals surface area contributed by atoms with E-state index in [0.717, 1.165) is 16.3 Å². The summed E-state index contributed by atoms with van der Waals surface area (Å²) in [6, 6.07) is 18.3. The number of hydrogen-bond acceptors (Lipinski definition) is 4. The second-order valence-electron chi connectivity index (χ2n) is 5.96. The summed E-state index contributed by atoms with van der Waals surface area (Å²) < 4.78 is 5.90. The molecule has 3 aromatic carbocycles. The number of anilines is 1. The zero-order valence-electron chi connectivity index (χ0n) is 14.0. The van der Waals surface area contributed by atoms with Gasteiger partial charge in [-0.25, -0.2) is 0 Å².